The topological polar surface area (TPSA) is 110 Å². The predicted octanol–water partition coefficient (Wildman–Crippen LogP) is 3.06. The number of halogens is 1. The third-order valence-electron chi connectivity index (χ3n) is 4.81. The van der Waals surface area contributed by atoms with Crippen molar-refractivity contribution in [1.29, 1.82) is 0 Å². The van der Waals surface area contributed by atoms with Crippen molar-refractivity contribution in [3.8, 4) is 0 Å². The molecule has 2 heterocycles. The summed E-state index contributed by atoms with van der Waals surface area (Å²) in [5.41, 5.74) is 1.88. The highest BCUT2D eigenvalue weighted by Gasteiger charge is 2.22. The molecular weight excluding hydrogens is 447 g/mol. The summed E-state index contributed by atoms with van der Waals surface area (Å²) in [6.07, 6.45) is 2.56. The van der Waals surface area contributed by atoms with Crippen molar-refractivity contribution in [3.63, 3.8) is 0 Å². The van der Waals surface area contributed by atoms with Crippen molar-refractivity contribution < 1.29 is 22.4 Å². The van der Waals surface area contributed by atoms with E-state index in [9.17, 15) is 22.4 Å². The van der Waals surface area contributed by atoms with Crippen LogP contribution in [0.4, 0.5) is 10.1 Å². The van der Waals surface area contributed by atoms with Gasteiger partial charge in [-0.2, -0.15) is 0 Å². The first kappa shape index (κ1) is 22.2. The number of nitrogens with zero attached hydrogens (tertiary/aromatic N) is 2. The van der Waals surface area contributed by atoms with Gasteiger partial charge in [-0.05, 0) is 54.1 Å². The second-order valence-corrected chi connectivity index (χ2v) is 9.22. The first-order chi connectivity index (χ1) is 15.7. The van der Waals surface area contributed by atoms with Crippen molar-refractivity contribution in [1.82, 2.24) is 14.7 Å². The average molecular weight is 466 g/mol. The maximum absolute atomic E-state index is 13.0. The van der Waals surface area contributed by atoms with Crippen LogP contribution in [0.1, 0.15) is 26.4 Å². The molecule has 0 unspecified atom stereocenters. The molecule has 2 N–H and O–H groups in total. The van der Waals surface area contributed by atoms with E-state index in [-0.39, 0.29) is 17.4 Å². The Labute approximate surface area is 189 Å². The van der Waals surface area contributed by atoms with Gasteiger partial charge in [-0.3, -0.25) is 14.0 Å². The summed E-state index contributed by atoms with van der Waals surface area (Å²) in [6, 6.07) is 17.0. The van der Waals surface area contributed by atoms with E-state index in [0.29, 0.717) is 22.3 Å². The van der Waals surface area contributed by atoms with E-state index in [4.69, 9.17) is 0 Å². The van der Waals surface area contributed by atoms with E-state index >= 15 is 0 Å². The molecule has 10 heteroatoms. The SMILES string of the molecule is CS(=O)(=O)c1nc(C(=O)NCc2cccc(NC(=O)c3ccc(F)cc3)c2)c2ccccn12. The average Bonchev–Trinajstić information content (AvgIpc) is 3.19. The van der Waals surface area contributed by atoms with E-state index in [2.05, 4.69) is 15.6 Å². The van der Waals surface area contributed by atoms with Gasteiger partial charge in [0.2, 0.25) is 15.0 Å². The number of imidazole rings is 1. The van der Waals surface area contributed by atoms with Crippen molar-refractivity contribution in [2.45, 2.75) is 11.7 Å². The van der Waals surface area contributed by atoms with Crippen molar-refractivity contribution >= 4 is 32.9 Å². The molecule has 0 spiro atoms. The first-order valence-electron chi connectivity index (χ1n) is 9.83. The molecule has 2 amide bonds. The fraction of sp³-hybridized carbons (Fsp3) is 0.0870. The van der Waals surface area contributed by atoms with Crippen LogP contribution in [-0.4, -0.2) is 35.9 Å². The molecule has 8 nitrogen and oxygen atoms in total. The van der Waals surface area contributed by atoms with E-state index in [1.165, 1.54) is 34.9 Å². The molecule has 2 aromatic carbocycles. The van der Waals surface area contributed by atoms with Crippen LogP contribution in [0.25, 0.3) is 5.52 Å². The Kier molecular flexibility index (Phi) is 5.93. The quantitative estimate of drug-likeness (QED) is 0.454. The number of rotatable bonds is 6. The Morgan fingerprint density at radius 3 is 2.48 bits per heavy atom. The molecule has 4 aromatic rings. The summed E-state index contributed by atoms with van der Waals surface area (Å²) in [7, 11) is -3.64. The van der Waals surface area contributed by atoms with Crippen LogP contribution in [0, 0.1) is 5.82 Å². The Balaban J connectivity index is 1.48. The maximum Gasteiger partial charge on any atom is 0.272 e. The molecule has 0 aliphatic heterocycles. The lowest BCUT2D eigenvalue weighted by atomic mass is 10.1. The molecule has 0 radical (unpaired) electrons. The van der Waals surface area contributed by atoms with Crippen molar-refractivity contribution in [2.24, 2.45) is 0 Å². The zero-order valence-electron chi connectivity index (χ0n) is 17.4. The number of hydrogen-bond donors (Lipinski definition) is 2. The van der Waals surface area contributed by atoms with Gasteiger partial charge in [0, 0.05) is 30.2 Å². The number of hydrogen-bond acceptors (Lipinski definition) is 5. The minimum atomic E-state index is -3.64. The van der Waals surface area contributed by atoms with Gasteiger partial charge in [-0.25, -0.2) is 17.8 Å². The number of carbonyl (C=O) groups is 2. The normalized spacial score (nSPS) is 11.3. The Hall–Kier alpha value is -4.05. The number of sulfone groups is 1. The third kappa shape index (κ3) is 4.90. The van der Waals surface area contributed by atoms with Crippen LogP contribution < -0.4 is 10.6 Å². The molecule has 0 fully saturated rings. The molecule has 0 saturated carbocycles. The number of fused-ring (bicyclic) bond motifs is 1. The zero-order valence-corrected chi connectivity index (χ0v) is 18.3. The monoisotopic (exact) mass is 466 g/mol. The second-order valence-electron chi connectivity index (χ2n) is 7.32. The van der Waals surface area contributed by atoms with Crippen LogP contribution in [0.5, 0.6) is 0 Å². The molecule has 33 heavy (non-hydrogen) atoms. The minimum Gasteiger partial charge on any atom is -0.347 e. The molecule has 0 saturated heterocycles. The zero-order chi connectivity index (χ0) is 23.6. The first-order valence-corrected chi connectivity index (χ1v) is 11.7. The number of benzene rings is 2. The van der Waals surface area contributed by atoms with Gasteiger partial charge < -0.3 is 10.6 Å². The van der Waals surface area contributed by atoms with Gasteiger partial charge in [0.25, 0.3) is 11.8 Å². The van der Waals surface area contributed by atoms with Gasteiger partial charge in [-0.1, -0.05) is 18.2 Å². The van der Waals surface area contributed by atoms with Crippen molar-refractivity contribution in [3.05, 3.63) is 95.6 Å². The van der Waals surface area contributed by atoms with Gasteiger partial charge in [-0.15, -0.1) is 0 Å². The van der Waals surface area contributed by atoms with Crippen LogP contribution in [-0.2, 0) is 16.4 Å². The molecule has 2 aromatic heterocycles. The van der Waals surface area contributed by atoms with Crippen LogP contribution >= 0.6 is 0 Å². The van der Waals surface area contributed by atoms with E-state index in [1.807, 2.05) is 0 Å². The Morgan fingerprint density at radius 1 is 1.00 bits per heavy atom. The third-order valence-corrected chi connectivity index (χ3v) is 5.76. The summed E-state index contributed by atoms with van der Waals surface area (Å²) in [4.78, 5) is 29.1. The van der Waals surface area contributed by atoms with Crippen LogP contribution in [0.15, 0.2) is 78.1 Å². The molecule has 168 valence electrons. The lowest BCUT2D eigenvalue weighted by Crippen LogP contribution is -2.23. The lowest BCUT2D eigenvalue weighted by Gasteiger charge is -2.08. The summed E-state index contributed by atoms with van der Waals surface area (Å²) in [5, 5.41) is 5.24. The highest BCUT2D eigenvalue weighted by molar-refractivity contribution is 7.90. The smallest absolute Gasteiger partial charge is 0.272 e. The van der Waals surface area contributed by atoms with Crippen LogP contribution in [0.2, 0.25) is 0 Å². The Morgan fingerprint density at radius 2 is 1.76 bits per heavy atom. The number of aromatic nitrogens is 2. The predicted molar refractivity (Wildman–Crippen MR) is 120 cm³/mol. The fourth-order valence-corrected chi connectivity index (χ4v) is 4.04. The highest BCUT2D eigenvalue weighted by atomic mass is 32.2. The molecule has 0 aliphatic rings. The number of amides is 2. The van der Waals surface area contributed by atoms with Gasteiger partial charge >= 0.3 is 0 Å². The van der Waals surface area contributed by atoms with Crippen LogP contribution in [0.3, 0.4) is 0 Å². The summed E-state index contributed by atoms with van der Waals surface area (Å²) >= 11 is 0. The van der Waals surface area contributed by atoms with E-state index in [1.54, 1.807) is 42.5 Å². The van der Waals surface area contributed by atoms with Gasteiger partial charge in [0.15, 0.2) is 5.69 Å². The second kappa shape index (κ2) is 8.83. The largest absolute Gasteiger partial charge is 0.347 e. The number of pyridine rings is 1. The Bertz CT molecular complexity index is 1460. The fourth-order valence-electron chi connectivity index (χ4n) is 3.27. The summed E-state index contributed by atoms with van der Waals surface area (Å²) < 4.78 is 38.5. The maximum atomic E-state index is 13.0. The molecule has 0 aliphatic carbocycles. The standard InChI is InChI=1S/C23H19FN4O4S/c1-33(31,32)23-27-20(19-7-2-3-12-28(19)23)22(30)25-14-15-5-4-6-18(13-15)26-21(29)16-8-10-17(24)11-9-16/h2-13H,14H2,1H3,(H,25,30)(H,26,29). The number of anilines is 1. The summed E-state index contributed by atoms with van der Waals surface area (Å²) in [5.74, 6) is -1.36. The molecule has 0 bridgehead atoms. The highest BCUT2D eigenvalue weighted by Crippen LogP contribution is 2.18. The lowest BCUT2D eigenvalue weighted by molar-refractivity contribution is 0.0946. The molecule has 4 rings (SSSR count). The number of nitrogens with one attached hydrogen (secondary N) is 2. The molecular formula is C23H19FN4O4S. The van der Waals surface area contributed by atoms with Gasteiger partial charge in [0.1, 0.15) is 5.82 Å². The van der Waals surface area contributed by atoms with E-state index in [0.717, 1.165) is 6.26 Å². The summed E-state index contributed by atoms with van der Waals surface area (Å²) in [6.45, 7) is 0.124. The number of carbonyl (C=O) groups excluding carboxylic acids is 2. The molecule has 0 atom stereocenters. The van der Waals surface area contributed by atoms with E-state index < -0.39 is 27.5 Å². The van der Waals surface area contributed by atoms with Crippen molar-refractivity contribution in [2.75, 3.05) is 11.6 Å². The minimum absolute atomic E-state index is 0.00297. The van der Waals surface area contributed by atoms with Gasteiger partial charge in [0.05, 0.1) is 5.52 Å².